The molecule has 0 aromatic rings. The molecule has 2 atom stereocenters. The van der Waals surface area contributed by atoms with E-state index in [2.05, 4.69) is 43.5 Å². The van der Waals surface area contributed by atoms with Crippen LogP contribution in [-0.4, -0.2) is 47.4 Å². The number of allylic oxidation sites excluding steroid dienone is 4. The molecule has 0 saturated carbocycles. The van der Waals surface area contributed by atoms with Crippen LogP contribution >= 0.6 is 0 Å². The lowest BCUT2D eigenvalue weighted by Crippen LogP contribution is -2.45. The van der Waals surface area contributed by atoms with Gasteiger partial charge in [0.05, 0.1) is 25.4 Å². The van der Waals surface area contributed by atoms with Crippen LogP contribution in [0.4, 0.5) is 0 Å². The number of ether oxygens (including phenoxy) is 1. The Morgan fingerprint density at radius 2 is 0.649 bits per heavy atom. The van der Waals surface area contributed by atoms with Crippen molar-refractivity contribution in [3.63, 3.8) is 0 Å². The first-order valence-corrected chi connectivity index (χ1v) is 35.1. The van der Waals surface area contributed by atoms with Gasteiger partial charge in [-0.1, -0.05) is 346 Å². The number of nitrogens with one attached hydrogen (secondary N) is 1. The predicted octanol–water partition coefficient (Wildman–Crippen LogP) is 22.5. The van der Waals surface area contributed by atoms with Crippen molar-refractivity contribution in [3.8, 4) is 0 Å². The zero-order chi connectivity index (χ0) is 55.7. The maximum absolute atomic E-state index is 12.5. The van der Waals surface area contributed by atoms with E-state index in [1.165, 1.54) is 315 Å². The Morgan fingerprint density at radius 1 is 0.364 bits per heavy atom. The SMILES string of the molecule is CCCCCCCCCCCCCCCCCCC(O)C(CO)NC(=O)CCCCCCCCCCCCCCCCC/C=C\C/C=C\CCCCCCCCCCCOC(=O)CCCCCCCCCCCCCCC. The minimum atomic E-state index is -0.664. The summed E-state index contributed by atoms with van der Waals surface area (Å²) in [6.45, 7) is 4.98. The Balaban J connectivity index is 3.38. The van der Waals surface area contributed by atoms with E-state index in [1.54, 1.807) is 0 Å². The second kappa shape index (κ2) is 66.8. The first-order chi connectivity index (χ1) is 38.0. The average Bonchev–Trinajstić information content (AvgIpc) is 3.43. The fourth-order valence-electron chi connectivity index (χ4n) is 11.1. The number of esters is 1. The van der Waals surface area contributed by atoms with Gasteiger partial charge in [0, 0.05) is 12.8 Å². The number of amides is 1. The number of aliphatic hydroxyl groups is 2. The normalized spacial score (nSPS) is 12.6. The molecule has 0 aliphatic rings. The van der Waals surface area contributed by atoms with Crippen LogP contribution in [0.25, 0.3) is 0 Å². The minimum Gasteiger partial charge on any atom is -0.466 e. The molecule has 2 unspecified atom stereocenters. The number of hydrogen-bond acceptors (Lipinski definition) is 5. The second-order valence-corrected chi connectivity index (χ2v) is 24.2. The number of carbonyl (C=O) groups is 2. The first-order valence-electron chi connectivity index (χ1n) is 35.1. The lowest BCUT2D eigenvalue weighted by Gasteiger charge is -2.22. The Morgan fingerprint density at radius 3 is 0.987 bits per heavy atom. The van der Waals surface area contributed by atoms with Crippen molar-refractivity contribution in [2.75, 3.05) is 13.2 Å². The van der Waals surface area contributed by atoms with Crippen molar-refractivity contribution in [1.29, 1.82) is 0 Å². The lowest BCUT2D eigenvalue weighted by molar-refractivity contribution is -0.143. The van der Waals surface area contributed by atoms with Gasteiger partial charge in [0.25, 0.3) is 0 Å². The van der Waals surface area contributed by atoms with Gasteiger partial charge in [-0.05, 0) is 57.8 Å². The molecule has 0 heterocycles. The van der Waals surface area contributed by atoms with Gasteiger partial charge in [-0.15, -0.1) is 0 Å². The van der Waals surface area contributed by atoms with E-state index < -0.39 is 12.1 Å². The van der Waals surface area contributed by atoms with E-state index in [1.807, 2.05) is 0 Å². The van der Waals surface area contributed by atoms with Crippen LogP contribution in [0.15, 0.2) is 24.3 Å². The van der Waals surface area contributed by atoms with Gasteiger partial charge in [-0.25, -0.2) is 0 Å². The van der Waals surface area contributed by atoms with Crippen molar-refractivity contribution >= 4 is 11.9 Å². The maximum Gasteiger partial charge on any atom is 0.305 e. The standard InChI is InChI=1S/C71H137NO5/c1-3-5-7-9-11-13-15-17-18-36-40-43-47-51-55-59-63-69(74)68(67-73)72-70(75)64-60-56-52-48-44-41-37-34-32-30-28-26-24-22-20-19-21-23-25-27-29-31-33-35-38-42-46-50-54-58-62-66-77-71(76)65-61-57-53-49-45-39-16-14-12-10-8-6-4-2/h21,23,27,29,68-69,73-74H,3-20,22,24-26,28,30-67H2,1-2H3,(H,72,75)/b23-21-,29-27-. The first kappa shape index (κ1) is 75.3. The largest absolute Gasteiger partial charge is 0.466 e. The number of hydrogen-bond donors (Lipinski definition) is 3. The molecule has 3 N–H and O–H groups in total. The van der Waals surface area contributed by atoms with Gasteiger partial charge in [0.15, 0.2) is 0 Å². The van der Waals surface area contributed by atoms with E-state index in [4.69, 9.17) is 4.74 Å². The van der Waals surface area contributed by atoms with Crippen molar-refractivity contribution < 1.29 is 24.5 Å². The lowest BCUT2D eigenvalue weighted by atomic mass is 10.0. The van der Waals surface area contributed by atoms with Gasteiger partial charge in [-0.3, -0.25) is 9.59 Å². The van der Waals surface area contributed by atoms with Gasteiger partial charge in [0.1, 0.15) is 0 Å². The Labute approximate surface area is 481 Å². The van der Waals surface area contributed by atoms with Crippen LogP contribution in [0, 0.1) is 0 Å². The molecule has 0 aromatic heterocycles. The Kier molecular flexibility index (Phi) is 65.4. The Hall–Kier alpha value is -1.66. The van der Waals surface area contributed by atoms with E-state index in [0.717, 1.165) is 44.9 Å². The third-order valence-corrected chi connectivity index (χ3v) is 16.5. The van der Waals surface area contributed by atoms with Gasteiger partial charge in [0.2, 0.25) is 5.91 Å². The van der Waals surface area contributed by atoms with Gasteiger partial charge >= 0.3 is 5.97 Å². The molecule has 0 spiro atoms. The van der Waals surface area contributed by atoms with Crippen LogP contribution < -0.4 is 5.32 Å². The van der Waals surface area contributed by atoms with E-state index in [0.29, 0.717) is 25.9 Å². The van der Waals surface area contributed by atoms with Crippen LogP contribution in [-0.2, 0) is 14.3 Å². The van der Waals surface area contributed by atoms with Crippen molar-refractivity contribution in [2.45, 2.75) is 405 Å². The summed E-state index contributed by atoms with van der Waals surface area (Å²) in [4.78, 5) is 24.6. The fraction of sp³-hybridized carbons (Fsp3) is 0.915. The molecule has 6 heteroatoms. The third-order valence-electron chi connectivity index (χ3n) is 16.5. The molecular weight excluding hydrogens is 947 g/mol. The molecule has 0 saturated heterocycles. The molecular formula is C71H137NO5. The van der Waals surface area contributed by atoms with Crippen LogP contribution in [0.2, 0.25) is 0 Å². The van der Waals surface area contributed by atoms with Gasteiger partial charge < -0.3 is 20.3 Å². The predicted molar refractivity (Wildman–Crippen MR) is 338 cm³/mol. The summed E-state index contributed by atoms with van der Waals surface area (Å²) >= 11 is 0. The van der Waals surface area contributed by atoms with Gasteiger partial charge in [-0.2, -0.15) is 0 Å². The zero-order valence-electron chi connectivity index (χ0n) is 52.2. The van der Waals surface area contributed by atoms with Crippen LogP contribution in [0.1, 0.15) is 393 Å². The second-order valence-electron chi connectivity index (χ2n) is 24.2. The van der Waals surface area contributed by atoms with E-state index in [-0.39, 0.29) is 18.5 Å². The molecule has 0 aliphatic carbocycles. The highest BCUT2D eigenvalue weighted by molar-refractivity contribution is 5.76. The fourth-order valence-corrected chi connectivity index (χ4v) is 11.1. The van der Waals surface area contributed by atoms with Crippen molar-refractivity contribution in [3.05, 3.63) is 24.3 Å². The van der Waals surface area contributed by atoms with Crippen LogP contribution in [0.3, 0.4) is 0 Å². The number of aliphatic hydroxyl groups excluding tert-OH is 2. The molecule has 1 amide bonds. The summed E-state index contributed by atoms with van der Waals surface area (Å²) in [7, 11) is 0. The molecule has 0 fully saturated rings. The summed E-state index contributed by atoms with van der Waals surface area (Å²) in [5.74, 6) is -0.0158. The molecule has 456 valence electrons. The summed E-state index contributed by atoms with van der Waals surface area (Å²) in [6, 6.07) is -0.541. The van der Waals surface area contributed by atoms with E-state index in [9.17, 15) is 19.8 Å². The van der Waals surface area contributed by atoms with E-state index >= 15 is 0 Å². The van der Waals surface area contributed by atoms with Crippen molar-refractivity contribution in [1.82, 2.24) is 5.32 Å². The molecule has 6 nitrogen and oxygen atoms in total. The topological polar surface area (TPSA) is 95.9 Å². The van der Waals surface area contributed by atoms with Crippen LogP contribution in [0.5, 0.6) is 0 Å². The highest BCUT2D eigenvalue weighted by Crippen LogP contribution is 2.19. The Bertz CT molecular complexity index is 1200. The maximum atomic E-state index is 12.5. The number of carbonyl (C=O) groups excluding carboxylic acids is 2. The molecule has 0 rings (SSSR count). The number of unbranched alkanes of at least 4 members (excludes halogenated alkanes) is 51. The highest BCUT2D eigenvalue weighted by Gasteiger charge is 2.20. The average molecular weight is 1080 g/mol. The molecule has 0 bridgehead atoms. The number of rotatable bonds is 66. The molecule has 77 heavy (non-hydrogen) atoms. The quantitative estimate of drug-likeness (QED) is 0.0320. The summed E-state index contributed by atoms with van der Waals surface area (Å²) in [5.41, 5.74) is 0. The molecule has 0 radical (unpaired) electrons. The zero-order valence-corrected chi connectivity index (χ0v) is 52.2. The minimum absolute atomic E-state index is 0.0153. The molecule has 0 aliphatic heterocycles. The van der Waals surface area contributed by atoms with Crippen molar-refractivity contribution in [2.24, 2.45) is 0 Å². The molecule has 0 aromatic carbocycles. The summed E-state index contributed by atoms with van der Waals surface area (Å²) in [6.07, 6.45) is 83.7. The third kappa shape index (κ3) is 63.4. The highest BCUT2D eigenvalue weighted by atomic mass is 16.5. The smallest absolute Gasteiger partial charge is 0.305 e. The monoisotopic (exact) mass is 1080 g/mol. The summed E-state index contributed by atoms with van der Waals surface area (Å²) < 4.78 is 5.48. The summed E-state index contributed by atoms with van der Waals surface area (Å²) in [5, 5.41) is 23.3.